The summed E-state index contributed by atoms with van der Waals surface area (Å²) in [6, 6.07) is 6.47. The Bertz CT molecular complexity index is 526. The van der Waals surface area contributed by atoms with Crippen LogP contribution >= 0.6 is 0 Å². The van der Waals surface area contributed by atoms with Crippen LogP contribution in [0.5, 0.6) is 0 Å². The minimum atomic E-state index is -3.32. The van der Waals surface area contributed by atoms with Crippen molar-refractivity contribution in [3.05, 3.63) is 35.4 Å². The van der Waals surface area contributed by atoms with E-state index < -0.39 is 21.0 Å². The lowest BCUT2D eigenvalue weighted by molar-refractivity contribution is 0.0999. The van der Waals surface area contributed by atoms with Gasteiger partial charge in [-0.15, -0.1) is 0 Å². The number of carbonyl (C=O) groups is 1. The van der Waals surface area contributed by atoms with E-state index in [-0.39, 0.29) is 11.3 Å². The Morgan fingerprint density at radius 1 is 1.33 bits per heavy atom. The number of hydrogen-bond donors (Lipinski definition) is 2. The van der Waals surface area contributed by atoms with E-state index in [0.717, 1.165) is 0 Å². The van der Waals surface area contributed by atoms with Crippen LogP contribution in [0, 0.1) is 0 Å². The van der Waals surface area contributed by atoms with Crippen molar-refractivity contribution < 1.29 is 13.2 Å². The summed E-state index contributed by atoms with van der Waals surface area (Å²) in [5, 5.41) is -0.525. The topological polar surface area (TPSA) is 103 Å². The van der Waals surface area contributed by atoms with E-state index in [9.17, 15) is 13.2 Å². The summed E-state index contributed by atoms with van der Waals surface area (Å²) in [6.07, 6.45) is 0.404. The minimum absolute atomic E-state index is 0.187. The van der Waals surface area contributed by atoms with Gasteiger partial charge in [0.2, 0.25) is 5.91 Å². The first-order valence-electron chi connectivity index (χ1n) is 5.68. The smallest absolute Gasteiger partial charge is 0.249 e. The number of primary amides is 1. The fourth-order valence-corrected chi connectivity index (χ4v) is 3.12. The van der Waals surface area contributed by atoms with Crippen molar-refractivity contribution >= 4 is 15.7 Å². The van der Waals surface area contributed by atoms with Crippen LogP contribution in [0.25, 0.3) is 0 Å². The Morgan fingerprint density at radius 2 is 1.94 bits per heavy atom. The van der Waals surface area contributed by atoms with Crippen LogP contribution < -0.4 is 11.5 Å². The molecule has 0 aromatic heterocycles. The first kappa shape index (κ1) is 14.7. The van der Waals surface area contributed by atoms with E-state index in [1.54, 1.807) is 25.1 Å². The highest BCUT2D eigenvalue weighted by atomic mass is 32.2. The van der Waals surface area contributed by atoms with Crippen LogP contribution in [0.1, 0.15) is 29.3 Å². The molecule has 18 heavy (non-hydrogen) atoms. The van der Waals surface area contributed by atoms with Gasteiger partial charge < -0.3 is 11.5 Å². The van der Waals surface area contributed by atoms with Crippen LogP contribution in [0.3, 0.4) is 0 Å². The number of sulfone groups is 1. The second-order valence-electron chi connectivity index (χ2n) is 4.22. The fourth-order valence-electron chi connectivity index (χ4n) is 1.66. The molecule has 0 saturated carbocycles. The molecule has 0 fully saturated rings. The zero-order chi connectivity index (χ0) is 13.8. The molecule has 0 bridgehead atoms. The summed E-state index contributed by atoms with van der Waals surface area (Å²) in [4.78, 5) is 11.2. The highest BCUT2D eigenvalue weighted by Gasteiger charge is 2.22. The highest BCUT2D eigenvalue weighted by Crippen LogP contribution is 2.16. The quantitative estimate of drug-likeness (QED) is 0.782. The molecule has 5 nitrogen and oxygen atoms in total. The maximum Gasteiger partial charge on any atom is 0.249 e. The number of rotatable bonds is 6. The molecule has 100 valence electrons. The van der Waals surface area contributed by atoms with Gasteiger partial charge in [-0.1, -0.05) is 18.2 Å². The number of hydrogen-bond acceptors (Lipinski definition) is 4. The first-order chi connectivity index (χ1) is 8.38. The van der Waals surface area contributed by atoms with Crippen molar-refractivity contribution in [2.45, 2.75) is 24.3 Å². The van der Waals surface area contributed by atoms with Crippen LogP contribution in [0.2, 0.25) is 0 Å². The molecule has 0 aliphatic carbocycles. The number of benzene rings is 1. The molecular formula is C12H18N2O3S. The monoisotopic (exact) mass is 270 g/mol. The molecule has 1 atom stereocenters. The average Bonchev–Trinajstić information content (AvgIpc) is 2.29. The zero-order valence-corrected chi connectivity index (χ0v) is 11.1. The zero-order valence-electron chi connectivity index (χ0n) is 10.3. The molecule has 0 heterocycles. The normalized spacial score (nSPS) is 13.2. The lowest BCUT2D eigenvalue weighted by atomic mass is 10.1. The molecule has 4 N–H and O–H groups in total. The van der Waals surface area contributed by atoms with Gasteiger partial charge in [-0.05, 0) is 31.5 Å². The standard InChI is InChI=1S/C12H18N2O3S/c1-9(6-7-13)18(16,17)8-10-4-2-3-5-11(10)12(14)15/h2-5,9H,6-8,13H2,1H3,(H2,14,15). The molecule has 0 radical (unpaired) electrons. The molecule has 1 rings (SSSR count). The summed E-state index contributed by atoms with van der Waals surface area (Å²) in [6.45, 7) is 1.94. The van der Waals surface area contributed by atoms with Crippen molar-refractivity contribution in [2.24, 2.45) is 11.5 Å². The van der Waals surface area contributed by atoms with Crippen molar-refractivity contribution in [2.75, 3.05) is 6.54 Å². The van der Waals surface area contributed by atoms with Crippen molar-refractivity contribution in [1.29, 1.82) is 0 Å². The molecule has 0 saturated heterocycles. The number of amides is 1. The third kappa shape index (κ3) is 3.54. The van der Waals surface area contributed by atoms with Gasteiger partial charge in [-0.25, -0.2) is 8.42 Å². The summed E-state index contributed by atoms with van der Waals surface area (Å²) in [7, 11) is -3.32. The molecule has 0 aliphatic heterocycles. The minimum Gasteiger partial charge on any atom is -0.366 e. The van der Waals surface area contributed by atoms with Gasteiger partial charge in [0.1, 0.15) is 0 Å². The van der Waals surface area contributed by atoms with Gasteiger partial charge in [0.15, 0.2) is 9.84 Å². The van der Waals surface area contributed by atoms with Gasteiger partial charge in [0.25, 0.3) is 0 Å². The molecule has 1 unspecified atom stereocenters. The van der Waals surface area contributed by atoms with E-state index >= 15 is 0 Å². The van der Waals surface area contributed by atoms with Gasteiger partial charge in [0, 0.05) is 5.56 Å². The third-order valence-corrected chi connectivity index (χ3v) is 5.00. The average molecular weight is 270 g/mol. The summed E-state index contributed by atoms with van der Waals surface area (Å²) in [5.74, 6) is -0.805. The molecule has 0 spiro atoms. The summed E-state index contributed by atoms with van der Waals surface area (Å²) in [5.41, 5.74) is 11.3. The van der Waals surface area contributed by atoms with Crippen molar-refractivity contribution in [3.63, 3.8) is 0 Å². The molecule has 1 amide bonds. The van der Waals surface area contributed by atoms with E-state index in [2.05, 4.69) is 0 Å². The lowest BCUT2D eigenvalue weighted by Crippen LogP contribution is -2.24. The second-order valence-corrected chi connectivity index (χ2v) is 6.64. The van der Waals surface area contributed by atoms with Crippen LogP contribution in [0.4, 0.5) is 0 Å². The Hall–Kier alpha value is -1.40. The molecule has 1 aromatic carbocycles. The van der Waals surface area contributed by atoms with Crippen molar-refractivity contribution in [3.8, 4) is 0 Å². The maximum atomic E-state index is 12.1. The van der Waals surface area contributed by atoms with Gasteiger partial charge in [-0.2, -0.15) is 0 Å². The van der Waals surface area contributed by atoms with Crippen LogP contribution in [0.15, 0.2) is 24.3 Å². The van der Waals surface area contributed by atoms with Gasteiger partial charge in [-0.3, -0.25) is 4.79 Å². The van der Waals surface area contributed by atoms with Gasteiger partial charge >= 0.3 is 0 Å². The second kappa shape index (κ2) is 5.97. The van der Waals surface area contributed by atoms with E-state index in [0.29, 0.717) is 18.5 Å². The Balaban J connectivity index is 3.01. The molecule has 6 heteroatoms. The maximum absolute atomic E-state index is 12.1. The fraction of sp³-hybridized carbons (Fsp3) is 0.417. The SMILES string of the molecule is CC(CCN)S(=O)(=O)Cc1ccccc1C(N)=O. The Kier molecular flexibility index (Phi) is 4.86. The van der Waals surface area contributed by atoms with Crippen molar-refractivity contribution in [1.82, 2.24) is 0 Å². The molecule has 1 aromatic rings. The Labute approximate surface area is 107 Å². The van der Waals surface area contributed by atoms with E-state index in [1.165, 1.54) is 6.07 Å². The number of carbonyl (C=O) groups excluding carboxylic acids is 1. The summed E-state index contributed by atoms with van der Waals surface area (Å²) < 4.78 is 24.1. The van der Waals surface area contributed by atoms with Gasteiger partial charge in [0.05, 0.1) is 11.0 Å². The lowest BCUT2D eigenvalue weighted by Gasteiger charge is -2.13. The van der Waals surface area contributed by atoms with E-state index in [4.69, 9.17) is 11.5 Å². The molecular weight excluding hydrogens is 252 g/mol. The first-order valence-corrected chi connectivity index (χ1v) is 7.39. The van der Waals surface area contributed by atoms with Crippen LogP contribution in [-0.4, -0.2) is 26.1 Å². The highest BCUT2D eigenvalue weighted by molar-refractivity contribution is 7.91. The van der Waals surface area contributed by atoms with Crippen LogP contribution in [-0.2, 0) is 15.6 Å². The summed E-state index contributed by atoms with van der Waals surface area (Å²) >= 11 is 0. The predicted molar refractivity (Wildman–Crippen MR) is 70.7 cm³/mol. The Morgan fingerprint density at radius 3 is 2.50 bits per heavy atom. The molecule has 0 aliphatic rings. The number of nitrogens with two attached hydrogens (primary N) is 2. The predicted octanol–water partition coefficient (Wildman–Crippen LogP) is 0.438. The third-order valence-electron chi connectivity index (χ3n) is 2.83. The van der Waals surface area contributed by atoms with E-state index in [1.807, 2.05) is 0 Å². The largest absolute Gasteiger partial charge is 0.366 e.